The average Bonchev–Trinajstić information content (AvgIpc) is 2.76. The molecule has 0 radical (unpaired) electrons. The molecule has 1 aromatic carbocycles. The minimum Gasteiger partial charge on any atom is -0.445 e. The SMILES string of the molecule is CC(NC(=O)OC(C)(C)C)OC(=O)OC[C@H]1[C@@H](NC(=O)OCc2ccccc2)C(=O)N1[Si](C)(C)C(C)(C)C. The van der Waals surface area contributed by atoms with Crippen LogP contribution in [0, 0.1) is 0 Å². The quantitative estimate of drug-likeness (QED) is 0.158. The molecule has 1 saturated heterocycles. The van der Waals surface area contributed by atoms with Gasteiger partial charge in [-0.2, -0.15) is 0 Å². The van der Waals surface area contributed by atoms with Gasteiger partial charge in [-0.05, 0) is 38.3 Å². The second-order valence-corrected chi connectivity index (χ2v) is 16.8. The highest BCUT2D eigenvalue weighted by Crippen LogP contribution is 2.43. The first-order chi connectivity index (χ1) is 17.4. The molecule has 38 heavy (non-hydrogen) atoms. The number of carbonyl (C=O) groups excluding carboxylic acids is 4. The zero-order valence-corrected chi connectivity index (χ0v) is 24.7. The number of benzene rings is 1. The summed E-state index contributed by atoms with van der Waals surface area (Å²) in [6.07, 6.45) is -3.54. The lowest BCUT2D eigenvalue weighted by molar-refractivity contribution is -0.146. The molecule has 3 amide bonds. The molecule has 0 spiro atoms. The van der Waals surface area contributed by atoms with Crippen LogP contribution in [-0.4, -0.2) is 67.6 Å². The van der Waals surface area contributed by atoms with Gasteiger partial charge in [0.25, 0.3) is 0 Å². The van der Waals surface area contributed by atoms with Gasteiger partial charge >= 0.3 is 18.3 Å². The second-order valence-electron chi connectivity index (χ2n) is 11.7. The third-order valence-corrected chi connectivity index (χ3v) is 11.9. The van der Waals surface area contributed by atoms with E-state index in [1.807, 2.05) is 43.4 Å². The Morgan fingerprint density at radius 3 is 2.16 bits per heavy atom. The first kappa shape index (κ1) is 30.9. The first-order valence-corrected chi connectivity index (χ1v) is 15.5. The zero-order valence-electron chi connectivity index (χ0n) is 23.7. The van der Waals surface area contributed by atoms with E-state index in [0.29, 0.717) is 0 Å². The van der Waals surface area contributed by atoms with E-state index < -0.39 is 50.5 Å². The van der Waals surface area contributed by atoms with Crippen LogP contribution in [-0.2, 0) is 30.3 Å². The maximum Gasteiger partial charge on any atom is 0.510 e. The van der Waals surface area contributed by atoms with E-state index >= 15 is 0 Å². The van der Waals surface area contributed by atoms with Crippen LogP contribution in [0.5, 0.6) is 0 Å². The monoisotopic (exact) mass is 551 g/mol. The van der Waals surface area contributed by atoms with Crippen molar-refractivity contribution >= 4 is 32.5 Å². The number of carbonyl (C=O) groups is 4. The summed E-state index contributed by atoms with van der Waals surface area (Å²) in [5.41, 5.74) is 0.0978. The lowest BCUT2D eigenvalue weighted by Crippen LogP contribution is -2.79. The summed E-state index contributed by atoms with van der Waals surface area (Å²) in [5.74, 6) is -0.254. The van der Waals surface area contributed by atoms with Crippen LogP contribution in [0.2, 0.25) is 18.1 Å². The fourth-order valence-corrected chi connectivity index (χ4v) is 6.12. The third-order valence-electron chi connectivity index (χ3n) is 6.51. The summed E-state index contributed by atoms with van der Waals surface area (Å²) >= 11 is 0. The number of β-lactam (4-membered cyclic amide) rings is 1. The normalized spacial score (nSPS) is 18.6. The molecule has 1 aromatic rings. The molecule has 1 aliphatic heterocycles. The topological polar surface area (TPSA) is 133 Å². The van der Waals surface area contributed by atoms with Crippen LogP contribution < -0.4 is 10.6 Å². The van der Waals surface area contributed by atoms with Gasteiger partial charge in [0, 0.05) is 0 Å². The Kier molecular flexibility index (Phi) is 9.81. The summed E-state index contributed by atoms with van der Waals surface area (Å²) in [6, 6.07) is 7.64. The van der Waals surface area contributed by atoms with E-state index in [1.165, 1.54) is 6.92 Å². The van der Waals surface area contributed by atoms with Crippen molar-refractivity contribution in [3.05, 3.63) is 35.9 Å². The number of hydrogen-bond donors (Lipinski definition) is 2. The van der Waals surface area contributed by atoms with Gasteiger partial charge in [-0.1, -0.05) is 64.2 Å². The van der Waals surface area contributed by atoms with Crippen molar-refractivity contribution in [1.29, 1.82) is 0 Å². The summed E-state index contributed by atoms with van der Waals surface area (Å²) in [7, 11) is -2.37. The van der Waals surface area contributed by atoms with Crippen molar-refractivity contribution < 1.29 is 38.1 Å². The van der Waals surface area contributed by atoms with Crippen molar-refractivity contribution in [2.24, 2.45) is 0 Å². The predicted molar refractivity (Wildman–Crippen MR) is 143 cm³/mol. The predicted octanol–water partition coefficient (Wildman–Crippen LogP) is 4.52. The number of nitrogens with one attached hydrogen (secondary N) is 2. The molecule has 0 aliphatic carbocycles. The highest BCUT2D eigenvalue weighted by molar-refractivity contribution is 6.80. The average molecular weight is 552 g/mol. The Hall–Kier alpha value is -3.28. The molecule has 2 N–H and O–H groups in total. The Morgan fingerprint density at radius 1 is 1.00 bits per heavy atom. The van der Waals surface area contributed by atoms with E-state index in [4.69, 9.17) is 18.9 Å². The van der Waals surface area contributed by atoms with Gasteiger partial charge in [-0.25, -0.2) is 14.4 Å². The summed E-state index contributed by atoms with van der Waals surface area (Å²) < 4.78 is 22.6. The molecule has 0 aromatic heterocycles. The minimum absolute atomic E-state index is 0.0512. The number of alkyl carbamates (subject to hydrolysis) is 2. The lowest BCUT2D eigenvalue weighted by Gasteiger charge is -2.57. The highest BCUT2D eigenvalue weighted by Gasteiger charge is 2.58. The van der Waals surface area contributed by atoms with Crippen LogP contribution in [0.3, 0.4) is 0 Å². The van der Waals surface area contributed by atoms with Crippen LogP contribution in [0.15, 0.2) is 30.3 Å². The Labute approximate surface area is 225 Å². The molecule has 212 valence electrons. The number of hydrogen-bond acceptors (Lipinski definition) is 8. The van der Waals surface area contributed by atoms with E-state index in [1.54, 1.807) is 25.3 Å². The maximum absolute atomic E-state index is 13.2. The number of ether oxygens (including phenoxy) is 4. The van der Waals surface area contributed by atoms with Crippen LogP contribution in [0.4, 0.5) is 14.4 Å². The minimum atomic E-state index is -2.37. The Balaban J connectivity index is 2.02. The first-order valence-electron chi connectivity index (χ1n) is 12.6. The standard InChI is InChI=1S/C26H41N3O8Si/c1-17(27-23(32)37-25(2,3)4)36-24(33)35-16-19-20(21(30)29(19)38(8,9)26(5,6)7)28-22(31)34-15-18-13-11-10-12-14-18/h10-14,17,19-20H,15-16H2,1-9H3,(H,27,32)(H,28,31)/t17?,19-,20+/m0/s1. The van der Waals surface area contributed by atoms with Gasteiger partial charge in [0.15, 0.2) is 14.5 Å². The fourth-order valence-electron chi connectivity index (χ4n) is 3.65. The van der Waals surface area contributed by atoms with Crippen molar-refractivity contribution in [3.8, 4) is 0 Å². The smallest absolute Gasteiger partial charge is 0.445 e. The molecule has 1 heterocycles. The lowest BCUT2D eigenvalue weighted by atomic mass is 10.00. The van der Waals surface area contributed by atoms with Crippen LogP contribution >= 0.6 is 0 Å². The van der Waals surface area contributed by atoms with E-state index in [9.17, 15) is 19.2 Å². The molecule has 2 rings (SSSR count). The molecular formula is C26H41N3O8Si. The molecule has 0 saturated carbocycles. The van der Waals surface area contributed by atoms with Gasteiger partial charge < -0.3 is 28.8 Å². The molecule has 3 atom stereocenters. The number of rotatable bonds is 8. The molecule has 1 fully saturated rings. The van der Waals surface area contributed by atoms with E-state index in [2.05, 4.69) is 31.4 Å². The van der Waals surface area contributed by atoms with E-state index in [0.717, 1.165) is 5.56 Å². The van der Waals surface area contributed by atoms with Crippen molar-refractivity contribution in [1.82, 2.24) is 15.2 Å². The zero-order chi connectivity index (χ0) is 28.9. The van der Waals surface area contributed by atoms with Crippen LogP contribution in [0.25, 0.3) is 0 Å². The molecule has 1 unspecified atom stereocenters. The molecule has 12 heteroatoms. The Morgan fingerprint density at radius 2 is 1.61 bits per heavy atom. The maximum atomic E-state index is 13.2. The van der Waals surface area contributed by atoms with Gasteiger partial charge in [-0.15, -0.1) is 0 Å². The van der Waals surface area contributed by atoms with Crippen molar-refractivity contribution in [3.63, 3.8) is 0 Å². The van der Waals surface area contributed by atoms with E-state index in [-0.39, 0.29) is 24.2 Å². The van der Waals surface area contributed by atoms with Crippen molar-refractivity contribution in [2.45, 2.75) is 97.1 Å². The molecule has 0 bridgehead atoms. The number of amides is 3. The summed E-state index contributed by atoms with van der Waals surface area (Å²) in [5, 5.41) is 4.82. The van der Waals surface area contributed by atoms with Gasteiger partial charge in [0.05, 0.1) is 6.04 Å². The second kappa shape index (κ2) is 12.1. The number of nitrogens with zero attached hydrogens (tertiary/aromatic N) is 1. The third kappa shape index (κ3) is 8.37. The molecule has 11 nitrogen and oxygen atoms in total. The fraction of sp³-hybridized carbons (Fsp3) is 0.615. The van der Waals surface area contributed by atoms with Gasteiger partial charge in [0.2, 0.25) is 5.91 Å². The van der Waals surface area contributed by atoms with Gasteiger partial charge in [0.1, 0.15) is 24.9 Å². The molecule has 1 aliphatic rings. The largest absolute Gasteiger partial charge is 0.510 e. The highest BCUT2D eigenvalue weighted by atomic mass is 28.3. The summed E-state index contributed by atoms with van der Waals surface area (Å²) in [6.45, 7) is 16.7. The summed E-state index contributed by atoms with van der Waals surface area (Å²) in [4.78, 5) is 49.9. The van der Waals surface area contributed by atoms with Crippen LogP contribution in [0.1, 0.15) is 54.0 Å². The van der Waals surface area contributed by atoms with Gasteiger partial charge in [-0.3, -0.25) is 10.1 Å². The molecular weight excluding hydrogens is 510 g/mol. The van der Waals surface area contributed by atoms with Crippen molar-refractivity contribution in [2.75, 3.05) is 6.61 Å². The Bertz CT molecular complexity index is 1000.